The average molecular weight is 524 g/mol. The summed E-state index contributed by atoms with van der Waals surface area (Å²) in [6.07, 6.45) is -0.134. The van der Waals surface area contributed by atoms with Crippen LogP contribution < -0.4 is 19.7 Å². The smallest absolute Gasteiger partial charge is 0.333 e. The first kappa shape index (κ1) is 23.7. The van der Waals surface area contributed by atoms with Crippen LogP contribution in [0.3, 0.4) is 0 Å². The van der Waals surface area contributed by atoms with E-state index in [1.165, 1.54) is 31.4 Å². The molecule has 4 rings (SSSR count). The van der Waals surface area contributed by atoms with Crippen LogP contribution in [0.1, 0.15) is 15.9 Å². The number of carbonyl (C=O) groups is 3. The molecule has 0 bridgehead atoms. The molecule has 1 aliphatic heterocycles. The molecule has 13 heteroatoms. The summed E-state index contributed by atoms with van der Waals surface area (Å²) in [5, 5.41) is 2.20. The van der Waals surface area contributed by atoms with Gasteiger partial charge < -0.3 is 10.1 Å². The lowest BCUT2D eigenvalue weighted by Gasteiger charge is -2.27. The van der Waals surface area contributed by atoms with Crippen molar-refractivity contribution in [3.8, 4) is 5.75 Å². The molecule has 0 aliphatic carbocycles. The number of carbonyl (C=O) groups excluding carboxylic acids is 3. The number of nitrogens with one attached hydrogen (secondary N) is 2. The minimum Gasteiger partial charge on any atom is -0.497 e. The highest BCUT2D eigenvalue weighted by Crippen LogP contribution is 2.31. The van der Waals surface area contributed by atoms with Crippen LogP contribution in [0.25, 0.3) is 0 Å². The van der Waals surface area contributed by atoms with Gasteiger partial charge in [-0.05, 0) is 54.1 Å². The summed E-state index contributed by atoms with van der Waals surface area (Å²) in [7, 11) is -2.71. The van der Waals surface area contributed by atoms with Gasteiger partial charge in [-0.15, -0.1) is 11.3 Å². The number of ether oxygens (including phenoxy) is 1. The summed E-state index contributed by atoms with van der Waals surface area (Å²) in [5.74, 6) is -1.82. The Hall–Kier alpha value is -3.48. The van der Waals surface area contributed by atoms with Crippen molar-refractivity contribution in [2.45, 2.75) is 10.6 Å². The summed E-state index contributed by atoms with van der Waals surface area (Å²) in [4.78, 5) is 38.3. The molecule has 2 heterocycles. The maximum Gasteiger partial charge on any atom is 0.333 e. The van der Waals surface area contributed by atoms with Crippen molar-refractivity contribution in [3.63, 3.8) is 0 Å². The fourth-order valence-electron chi connectivity index (χ4n) is 3.31. The number of imide groups is 1. The summed E-state index contributed by atoms with van der Waals surface area (Å²) >= 11 is 6.48. The first-order valence-electron chi connectivity index (χ1n) is 9.52. The van der Waals surface area contributed by atoms with Crippen LogP contribution in [0.5, 0.6) is 5.75 Å². The van der Waals surface area contributed by atoms with Gasteiger partial charge in [0.1, 0.15) is 15.8 Å². The maximum absolute atomic E-state index is 14.9. The zero-order valence-electron chi connectivity index (χ0n) is 17.3. The number of nitrogens with zero attached hydrogens (tertiary/aromatic N) is 1. The normalized spacial score (nSPS) is 13.4. The molecule has 0 radical (unpaired) electrons. The van der Waals surface area contributed by atoms with Crippen LogP contribution in [0.15, 0.2) is 52.7 Å². The molecule has 2 aromatic carbocycles. The summed E-state index contributed by atoms with van der Waals surface area (Å²) in [6.45, 7) is 0. The van der Waals surface area contributed by atoms with Gasteiger partial charge in [0.05, 0.1) is 23.6 Å². The topological polar surface area (TPSA) is 122 Å². The second kappa shape index (κ2) is 9.05. The van der Waals surface area contributed by atoms with Gasteiger partial charge in [-0.2, -0.15) is 0 Å². The van der Waals surface area contributed by atoms with E-state index in [1.807, 2.05) is 0 Å². The Balaban J connectivity index is 1.52. The molecule has 0 unspecified atom stereocenters. The minimum atomic E-state index is -4.17. The number of sulfonamides is 1. The third kappa shape index (κ3) is 4.60. The van der Waals surface area contributed by atoms with Crippen molar-refractivity contribution in [1.29, 1.82) is 0 Å². The Morgan fingerprint density at radius 3 is 2.56 bits per heavy atom. The first-order chi connectivity index (χ1) is 16.1. The lowest BCUT2D eigenvalue weighted by atomic mass is 9.97. The quantitative estimate of drug-likeness (QED) is 0.491. The Labute approximate surface area is 202 Å². The molecule has 9 nitrogen and oxygen atoms in total. The van der Waals surface area contributed by atoms with Crippen LogP contribution in [-0.2, 0) is 21.2 Å². The van der Waals surface area contributed by atoms with E-state index in [1.54, 1.807) is 16.9 Å². The third-order valence-electron chi connectivity index (χ3n) is 4.82. The van der Waals surface area contributed by atoms with Crippen LogP contribution >= 0.6 is 22.9 Å². The SMILES string of the molecule is COc1ccc2c(c1)CC(=O)N(c1ccc(NC(=O)NS(=O)(=O)c3ccc(Cl)s3)cc1F)C2=O. The van der Waals surface area contributed by atoms with E-state index in [0.717, 1.165) is 28.4 Å². The second-order valence-corrected chi connectivity index (χ2v) is 10.6. The van der Waals surface area contributed by atoms with E-state index < -0.39 is 33.7 Å². The molecule has 4 amide bonds. The standard InChI is InChI=1S/C21H15ClFN3O6S2/c1-32-13-3-4-14-11(8-13)9-18(27)26(20(14)28)16-5-2-12(10-15(16)23)24-21(29)25-34(30,31)19-7-6-17(22)33-19/h2-8,10H,9H2,1H3,(H2,24,25,29). The number of urea groups is 1. The number of halogens is 2. The number of fused-ring (bicyclic) bond motifs is 1. The number of benzene rings is 2. The number of rotatable bonds is 5. The predicted octanol–water partition coefficient (Wildman–Crippen LogP) is 3.79. The highest BCUT2D eigenvalue weighted by molar-refractivity contribution is 7.92. The number of anilines is 2. The largest absolute Gasteiger partial charge is 0.497 e. The molecule has 2 N–H and O–H groups in total. The Morgan fingerprint density at radius 1 is 1.15 bits per heavy atom. The summed E-state index contributed by atoms with van der Waals surface area (Å²) in [5.41, 5.74) is 0.304. The number of methoxy groups -OCH3 is 1. The zero-order chi connectivity index (χ0) is 24.6. The van der Waals surface area contributed by atoms with Crippen LogP contribution in [0, 0.1) is 5.82 Å². The van der Waals surface area contributed by atoms with Gasteiger partial charge in [0.15, 0.2) is 0 Å². The van der Waals surface area contributed by atoms with Crippen molar-refractivity contribution >= 4 is 62.2 Å². The minimum absolute atomic E-state index is 0.0970. The summed E-state index contributed by atoms with van der Waals surface area (Å²) in [6, 6.07) is 9.34. The molecule has 176 valence electrons. The maximum atomic E-state index is 14.9. The van der Waals surface area contributed by atoms with Crippen LogP contribution in [0.2, 0.25) is 4.34 Å². The van der Waals surface area contributed by atoms with Crippen molar-refractivity contribution in [2.24, 2.45) is 0 Å². The van der Waals surface area contributed by atoms with Crippen molar-refractivity contribution in [3.05, 3.63) is 69.8 Å². The first-order valence-corrected chi connectivity index (χ1v) is 12.2. The molecular weight excluding hydrogens is 509 g/mol. The fraction of sp³-hybridized carbons (Fsp3) is 0.0952. The monoisotopic (exact) mass is 523 g/mol. The van der Waals surface area contributed by atoms with Gasteiger partial charge in [-0.3, -0.25) is 9.59 Å². The van der Waals surface area contributed by atoms with Gasteiger partial charge in [0.2, 0.25) is 5.91 Å². The van der Waals surface area contributed by atoms with Gasteiger partial charge >= 0.3 is 6.03 Å². The average Bonchev–Trinajstić information content (AvgIpc) is 3.21. The second-order valence-electron chi connectivity index (χ2n) is 7.02. The van der Waals surface area contributed by atoms with Gasteiger partial charge in [0.25, 0.3) is 15.9 Å². The highest BCUT2D eigenvalue weighted by atomic mass is 35.5. The van der Waals surface area contributed by atoms with Crippen molar-refractivity contribution < 1.29 is 31.9 Å². The Bertz CT molecular complexity index is 1440. The van der Waals surface area contributed by atoms with Gasteiger partial charge in [0, 0.05) is 11.3 Å². The molecule has 0 atom stereocenters. The van der Waals surface area contributed by atoms with Crippen LogP contribution in [0.4, 0.5) is 20.6 Å². The number of hydrogen-bond acceptors (Lipinski definition) is 7. The van der Waals surface area contributed by atoms with E-state index in [4.69, 9.17) is 16.3 Å². The lowest BCUT2D eigenvalue weighted by molar-refractivity contribution is -0.117. The number of hydrogen-bond donors (Lipinski definition) is 2. The van der Waals surface area contributed by atoms with Crippen molar-refractivity contribution in [2.75, 3.05) is 17.3 Å². The lowest BCUT2D eigenvalue weighted by Crippen LogP contribution is -2.43. The highest BCUT2D eigenvalue weighted by Gasteiger charge is 2.34. The zero-order valence-corrected chi connectivity index (χ0v) is 19.7. The molecule has 1 aliphatic rings. The third-order valence-corrected chi connectivity index (χ3v) is 7.88. The molecule has 0 saturated carbocycles. The molecule has 1 aromatic heterocycles. The predicted molar refractivity (Wildman–Crippen MR) is 124 cm³/mol. The molecule has 0 spiro atoms. The molecular formula is C21H15ClFN3O6S2. The molecule has 0 fully saturated rings. The van der Waals surface area contributed by atoms with Gasteiger partial charge in [-0.1, -0.05) is 11.6 Å². The summed E-state index contributed by atoms with van der Waals surface area (Å²) < 4.78 is 46.2. The fourth-order valence-corrected chi connectivity index (χ4v) is 5.70. The molecule has 0 saturated heterocycles. The van der Waals surface area contributed by atoms with E-state index >= 15 is 0 Å². The van der Waals surface area contributed by atoms with Crippen LogP contribution in [-0.4, -0.2) is 33.4 Å². The van der Waals surface area contributed by atoms with Gasteiger partial charge in [-0.25, -0.2) is 27.2 Å². The Morgan fingerprint density at radius 2 is 1.91 bits per heavy atom. The van der Waals surface area contributed by atoms with E-state index in [9.17, 15) is 27.2 Å². The van der Waals surface area contributed by atoms with E-state index in [0.29, 0.717) is 11.3 Å². The molecule has 3 aromatic rings. The van der Waals surface area contributed by atoms with Crippen molar-refractivity contribution in [1.82, 2.24) is 4.72 Å². The number of amides is 4. The molecule has 34 heavy (non-hydrogen) atoms. The Kier molecular flexibility index (Phi) is 6.30. The number of thiophene rings is 1. The van der Waals surface area contributed by atoms with E-state index in [2.05, 4.69) is 5.32 Å². The van der Waals surface area contributed by atoms with E-state index in [-0.39, 0.29) is 31.9 Å².